The second-order valence-corrected chi connectivity index (χ2v) is 7.65. The minimum atomic E-state index is -0.328. The van der Waals surface area contributed by atoms with Crippen molar-refractivity contribution in [1.29, 1.82) is 0 Å². The number of carbonyl (C=O) groups is 1. The van der Waals surface area contributed by atoms with Gasteiger partial charge in [-0.1, -0.05) is 47.6 Å². The van der Waals surface area contributed by atoms with Crippen LogP contribution in [0.1, 0.15) is 28.3 Å². The van der Waals surface area contributed by atoms with Gasteiger partial charge in [-0.15, -0.1) is 0 Å². The molecule has 0 N–H and O–H groups in total. The molecule has 0 fully saturated rings. The van der Waals surface area contributed by atoms with Gasteiger partial charge in [0.05, 0.1) is 29.9 Å². The van der Waals surface area contributed by atoms with Crippen LogP contribution in [0.3, 0.4) is 0 Å². The van der Waals surface area contributed by atoms with Crippen molar-refractivity contribution in [2.45, 2.75) is 33.4 Å². The van der Waals surface area contributed by atoms with Crippen molar-refractivity contribution in [2.24, 2.45) is 0 Å². The first-order chi connectivity index (χ1) is 15.5. The standard InChI is InChI=1S/C25H23FN4O2/c1-17-12-24(32-29-17)22-14-27-18(2)28-23(22)16-30(15-20-6-4-3-5-7-20)25(31)13-19-8-10-21(26)11-9-19/h3-12,14H,13,15-16H2,1-2H3. The summed E-state index contributed by atoms with van der Waals surface area (Å²) in [7, 11) is 0. The lowest BCUT2D eigenvalue weighted by Gasteiger charge is -2.24. The van der Waals surface area contributed by atoms with E-state index in [1.807, 2.05) is 43.3 Å². The number of nitrogens with zero attached hydrogens (tertiary/aromatic N) is 4. The molecule has 7 heteroatoms. The summed E-state index contributed by atoms with van der Waals surface area (Å²) in [6, 6.07) is 17.6. The SMILES string of the molecule is Cc1cc(-c2cnc(C)nc2CN(Cc2ccccc2)C(=O)Cc2ccc(F)cc2)on1. The number of amides is 1. The van der Waals surface area contributed by atoms with Crippen molar-refractivity contribution in [3.05, 3.63) is 101 Å². The molecule has 0 unspecified atom stereocenters. The molecule has 0 aliphatic carbocycles. The molecule has 32 heavy (non-hydrogen) atoms. The Kier molecular flexibility index (Phi) is 6.35. The zero-order valence-corrected chi connectivity index (χ0v) is 18.0. The zero-order chi connectivity index (χ0) is 22.5. The lowest BCUT2D eigenvalue weighted by Crippen LogP contribution is -2.32. The van der Waals surface area contributed by atoms with Crippen LogP contribution in [0, 0.1) is 19.7 Å². The third-order valence-corrected chi connectivity index (χ3v) is 5.06. The van der Waals surface area contributed by atoms with Gasteiger partial charge in [0.25, 0.3) is 0 Å². The number of hydrogen-bond acceptors (Lipinski definition) is 5. The maximum atomic E-state index is 13.3. The molecule has 0 spiro atoms. The summed E-state index contributed by atoms with van der Waals surface area (Å²) in [4.78, 5) is 23.9. The van der Waals surface area contributed by atoms with Crippen LogP contribution >= 0.6 is 0 Å². The summed E-state index contributed by atoms with van der Waals surface area (Å²) in [5.74, 6) is 0.746. The number of halogens is 1. The van der Waals surface area contributed by atoms with E-state index in [-0.39, 0.29) is 24.7 Å². The highest BCUT2D eigenvalue weighted by molar-refractivity contribution is 5.79. The van der Waals surface area contributed by atoms with Crippen molar-refractivity contribution >= 4 is 5.91 Å². The van der Waals surface area contributed by atoms with Crippen LogP contribution in [0.4, 0.5) is 4.39 Å². The number of carbonyl (C=O) groups excluding carboxylic acids is 1. The number of benzene rings is 2. The molecule has 0 radical (unpaired) electrons. The Labute approximate surface area is 185 Å². The fraction of sp³-hybridized carbons (Fsp3) is 0.200. The molecule has 0 saturated heterocycles. The Morgan fingerprint density at radius 2 is 1.75 bits per heavy atom. The van der Waals surface area contributed by atoms with Crippen LogP contribution < -0.4 is 0 Å². The first kappa shape index (κ1) is 21.4. The summed E-state index contributed by atoms with van der Waals surface area (Å²) in [5.41, 5.74) is 3.88. The van der Waals surface area contributed by atoms with Crippen LogP contribution in [-0.4, -0.2) is 25.9 Å². The highest BCUT2D eigenvalue weighted by Crippen LogP contribution is 2.25. The number of hydrogen-bond donors (Lipinski definition) is 0. The monoisotopic (exact) mass is 430 g/mol. The Morgan fingerprint density at radius 1 is 1.00 bits per heavy atom. The maximum Gasteiger partial charge on any atom is 0.227 e. The summed E-state index contributed by atoms with van der Waals surface area (Å²) >= 11 is 0. The van der Waals surface area contributed by atoms with Gasteiger partial charge in [0.1, 0.15) is 11.6 Å². The van der Waals surface area contributed by atoms with E-state index < -0.39 is 0 Å². The lowest BCUT2D eigenvalue weighted by molar-refractivity contribution is -0.131. The topological polar surface area (TPSA) is 72.1 Å². The number of aryl methyl sites for hydroxylation is 2. The van der Waals surface area contributed by atoms with Crippen molar-refractivity contribution in [3.8, 4) is 11.3 Å². The molecule has 2 heterocycles. The predicted octanol–water partition coefficient (Wildman–Crippen LogP) is 4.66. The third kappa shape index (κ3) is 5.24. The van der Waals surface area contributed by atoms with Gasteiger partial charge in [-0.2, -0.15) is 0 Å². The average molecular weight is 430 g/mol. The van der Waals surface area contributed by atoms with E-state index in [0.717, 1.165) is 16.8 Å². The fourth-order valence-corrected chi connectivity index (χ4v) is 3.44. The van der Waals surface area contributed by atoms with E-state index in [4.69, 9.17) is 4.52 Å². The van der Waals surface area contributed by atoms with Crippen LogP contribution in [0.15, 0.2) is 71.4 Å². The summed E-state index contributed by atoms with van der Waals surface area (Å²) in [6.45, 7) is 4.34. The Morgan fingerprint density at radius 3 is 2.44 bits per heavy atom. The average Bonchev–Trinajstić information content (AvgIpc) is 3.21. The Balaban J connectivity index is 1.65. The number of aromatic nitrogens is 3. The van der Waals surface area contributed by atoms with Gasteiger partial charge in [-0.05, 0) is 37.1 Å². The van der Waals surface area contributed by atoms with Crippen molar-refractivity contribution in [2.75, 3.05) is 0 Å². The van der Waals surface area contributed by atoms with Gasteiger partial charge in [0.2, 0.25) is 5.91 Å². The van der Waals surface area contributed by atoms with E-state index in [0.29, 0.717) is 29.4 Å². The van der Waals surface area contributed by atoms with Gasteiger partial charge in [0, 0.05) is 18.8 Å². The summed E-state index contributed by atoms with van der Waals surface area (Å²) in [5, 5.41) is 3.96. The van der Waals surface area contributed by atoms with Crippen molar-refractivity contribution in [1.82, 2.24) is 20.0 Å². The lowest BCUT2D eigenvalue weighted by atomic mass is 10.1. The summed E-state index contributed by atoms with van der Waals surface area (Å²) < 4.78 is 18.7. The van der Waals surface area contributed by atoms with Gasteiger partial charge in [0.15, 0.2) is 5.76 Å². The molecule has 2 aromatic carbocycles. The van der Waals surface area contributed by atoms with E-state index >= 15 is 0 Å². The van der Waals surface area contributed by atoms with E-state index in [2.05, 4.69) is 15.1 Å². The minimum absolute atomic E-state index is 0.0866. The minimum Gasteiger partial charge on any atom is -0.356 e. The molecule has 162 valence electrons. The molecule has 0 aliphatic rings. The molecule has 4 rings (SSSR count). The first-order valence-electron chi connectivity index (χ1n) is 10.3. The highest BCUT2D eigenvalue weighted by Gasteiger charge is 2.20. The van der Waals surface area contributed by atoms with Crippen LogP contribution in [0.5, 0.6) is 0 Å². The second kappa shape index (κ2) is 9.51. The molecular formula is C25H23FN4O2. The first-order valence-corrected chi connectivity index (χ1v) is 10.3. The van der Waals surface area contributed by atoms with E-state index in [1.54, 1.807) is 30.2 Å². The van der Waals surface area contributed by atoms with Gasteiger partial charge in [-0.3, -0.25) is 4.79 Å². The fourth-order valence-electron chi connectivity index (χ4n) is 3.44. The van der Waals surface area contributed by atoms with Crippen LogP contribution in [0.25, 0.3) is 11.3 Å². The Hall–Kier alpha value is -3.87. The van der Waals surface area contributed by atoms with Crippen LogP contribution in [-0.2, 0) is 24.3 Å². The predicted molar refractivity (Wildman–Crippen MR) is 118 cm³/mol. The van der Waals surface area contributed by atoms with E-state index in [1.165, 1.54) is 12.1 Å². The van der Waals surface area contributed by atoms with Gasteiger partial charge < -0.3 is 9.42 Å². The third-order valence-electron chi connectivity index (χ3n) is 5.06. The molecule has 0 saturated carbocycles. The molecule has 1 amide bonds. The molecule has 4 aromatic rings. The normalized spacial score (nSPS) is 10.8. The van der Waals surface area contributed by atoms with Gasteiger partial charge in [-0.25, -0.2) is 14.4 Å². The molecule has 6 nitrogen and oxygen atoms in total. The summed E-state index contributed by atoms with van der Waals surface area (Å²) in [6.07, 6.45) is 1.86. The van der Waals surface area contributed by atoms with Gasteiger partial charge >= 0.3 is 0 Å². The molecule has 0 bridgehead atoms. The van der Waals surface area contributed by atoms with Crippen molar-refractivity contribution in [3.63, 3.8) is 0 Å². The molecule has 0 aliphatic heterocycles. The second-order valence-electron chi connectivity index (χ2n) is 7.65. The molecule has 0 atom stereocenters. The quantitative estimate of drug-likeness (QED) is 0.426. The van der Waals surface area contributed by atoms with Crippen LogP contribution in [0.2, 0.25) is 0 Å². The largest absolute Gasteiger partial charge is 0.356 e. The van der Waals surface area contributed by atoms with Crippen molar-refractivity contribution < 1.29 is 13.7 Å². The van der Waals surface area contributed by atoms with E-state index in [9.17, 15) is 9.18 Å². The maximum absolute atomic E-state index is 13.3. The smallest absolute Gasteiger partial charge is 0.227 e. The molecular weight excluding hydrogens is 407 g/mol. The zero-order valence-electron chi connectivity index (χ0n) is 18.0. The highest BCUT2D eigenvalue weighted by atomic mass is 19.1. The molecule has 2 aromatic heterocycles. The number of rotatable bonds is 7. The Bertz CT molecular complexity index is 1210.